The largest absolute Gasteiger partial charge is 0.319 e. The first-order valence-electron chi connectivity index (χ1n) is 7.80. The monoisotopic (exact) mass is 417 g/mol. The standard InChI is InChI=1S/C19H17BrClN3O/c1-12-18(22-19(25)14-7-9-16(20)10-8-14)13(2)24(23-12)11-15-5-3-4-6-17(15)21/h3-10H,11H2,1-2H3,(H,22,25). The lowest BCUT2D eigenvalue weighted by Crippen LogP contribution is -2.13. The minimum absolute atomic E-state index is 0.156. The van der Waals surface area contributed by atoms with E-state index in [9.17, 15) is 4.79 Å². The second kappa shape index (κ2) is 7.42. The summed E-state index contributed by atoms with van der Waals surface area (Å²) < 4.78 is 2.79. The number of rotatable bonds is 4. The molecule has 1 aromatic heterocycles. The summed E-state index contributed by atoms with van der Waals surface area (Å²) in [4.78, 5) is 12.5. The summed E-state index contributed by atoms with van der Waals surface area (Å²) in [6.45, 7) is 4.38. The first kappa shape index (κ1) is 17.7. The van der Waals surface area contributed by atoms with E-state index in [1.165, 1.54) is 0 Å². The number of carbonyl (C=O) groups is 1. The van der Waals surface area contributed by atoms with Gasteiger partial charge in [-0.25, -0.2) is 0 Å². The van der Waals surface area contributed by atoms with Crippen molar-refractivity contribution in [3.8, 4) is 0 Å². The van der Waals surface area contributed by atoms with Crippen LogP contribution in [0.5, 0.6) is 0 Å². The number of hydrogen-bond donors (Lipinski definition) is 1. The van der Waals surface area contributed by atoms with Crippen LogP contribution >= 0.6 is 27.5 Å². The van der Waals surface area contributed by atoms with Crippen LogP contribution in [0, 0.1) is 13.8 Å². The molecule has 1 amide bonds. The summed E-state index contributed by atoms with van der Waals surface area (Å²) in [5, 5.41) is 8.21. The predicted octanol–water partition coefficient (Wildman–Crippen LogP) is 5.22. The Morgan fingerprint density at radius 3 is 2.52 bits per heavy atom. The van der Waals surface area contributed by atoms with Gasteiger partial charge in [-0.15, -0.1) is 0 Å². The molecule has 0 fully saturated rings. The topological polar surface area (TPSA) is 46.9 Å². The normalized spacial score (nSPS) is 10.7. The number of halogens is 2. The maximum Gasteiger partial charge on any atom is 0.255 e. The van der Waals surface area contributed by atoms with E-state index >= 15 is 0 Å². The van der Waals surface area contributed by atoms with Gasteiger partial charge in [0.2, 0.25) is 0 Å². The zero-order valence-corrected chi connectivity index (χ0v) is 16.2. The molecule has 3 rings (SSSR count). The van der Waals surface area contributed by atoms with E-state index in [1.54, 1.807) is 12.1 Å². The number of nitrogens with one attached hydrogen (secondary N) is 1. The summed E-state index contributed by atoms with van der Waals surface area (Å²) in [6, 6.07) is 14.9. The smallest absolute Gasteiger partial charge is 0.255 e. The molecular weight excluding hydrogens is 402 g/mol. The highest BCUT2D eigenvalue weighted by atomic mass is 79.9. The number of hydrogen-bond acceptors (Lipinski definition) is 2. The first-order chi connectivity index (χ1) is 12.0. The summed E-state index contributed by atoms with van der Waals surface area (Å²) >= 11 is 9.60. The van der Waals surface area contributed by atoms with E-state index in [2.05, 4.69) is 26.3 Å². The van der Waals surface area contributed by atoms with Crippen LogP contribution in [0.25, 0.3) is 0 Å². The Morgan fingerprint density at radius 2 is 1.84 bits per heavy atom. The first-order valence-corrected chi connectivity index (χ1v) is 8.97. The van der Waals surface area contributed by atoms with Crippen LogP contribution in [0.1, 0.15) is 27.3 Å². The molecule has 0 saturated carbocycles. The van der Waals surface area contributed by atoms with Crippen LogP contribution in [0.4, 0.5) is 5.69 Å². The second-order valence-corrected chi connectivity index (χ2v) is 7.08. The number of carbonyl (C=O) groups excluding carboxylic acids is 1. The van der Waals surface area contributed by atoms with Crippen molar-refractivity contribution in [2.75, 3.05) is 5.32 Å². The van der Waals surface area contributed by atoms with E-state index < -0.39 is 0 Å². The third kappa shape index (κ3) is 3.94. The highest BCUT2D eigenvalue weighted by Gasteiger charge is 2.16. The number of amides is 1. The van der Waals surface area contributed by atoms with Crippen LogP contribution in [0.15, 0.2) is 53.0 Å². The minimum atomic E-state index is -0.156. The Hall–Kier alpha value is -2.11. The molecule has 0 aliphatic rings. The lowest BCUT2D eigenvalue weighted by atomic mass is 10.2. The third-order valence-corrected chi connectivity index (χ3v) is 4.90. The summed E-state index contributed by atoms with van der Waals surface area (Å²) in [7, 11) is 0. The molecule has 1 heterocycles. The highest BCUT2D eigenvalue weighted by molar-refractivity contribution is 9.10. The lowest BCUT2D eigenvalue weighted by molar-refractivity contribution is 0.102. The van der Waals surface area contributed by atoms with Crippen LogP contribution in [0.2, 0.25) is 5.02 Å². The van der Waals surface area contributed by atoms with Gasteiger partial charge in [-0.1, -0.05) is 45.7 Å². The van der Waals surface area contributed by atoms with Crippen LogP contribution in [0.3, 0.4) is 0 Å². The SMILES string of the molecule is Cc1nn(Cc2ccccc2Cl)c(C)c1NC(=O)c1ccc(Br)cc1. The molecule has 0 bridgehead atoms. The van der Waals surface area contributed by atoms with E-state index in [0.717, 1.165) is 27.1 Å². The van der Waals surface area contributed by atoms with Crippen LogP contribution in [-0.2, 0) is 6.54 Å². The Kier molecular flexibility index (Phi) is 5.25. The van der Waals surface area contributed by atoms with Crippen molar-refractivity contribution in [1.82, 2.24) is 9.78 Å². The van der Waals surface area contributed by atoms with E-state index in [4.69, 9.17) is 11.6 Å². The molecule has 0 radical (unpaired) electrons. The fourth-order valence-electron chi connectivity index (χ4n) is 2.61. The molecule has 0 atom stereocenters. The van der Waals surface area contributed by atoms with E-state index in [-0.39, 0.29) is 5.91 Å². The predicted molar refractivity (Wildman–Crippen MR) is 104 cm³/mol. The third-order valence-electron chi connectivity index (χ3n) is 4.00. The van der Waals surface area contributed by atoms with E-state index in [0.29, 0.717) is 17.1 Å². The molecule has 1 N–H and O–H groups in total. The molecule has 0 saturated heterocycles. The van der Waals surface area contributed by atoms with Crippen molar-refractivity contribution in [1.29, 1.82) is 0 Å². The Morgan fingerprint density at radius 1 is 1.16 bits per heavy atom. The number of nitrogens with zero attached hydrogens (tertiary/aromatic N) is 2. The summed E-state index contributed by atoms with van der Waals surface area (Å²) in [5.41, 5.74) is 3.99. The average Bonchev–Trinajstić information content (AvgIpc) is 2.85. The fraction of sp³-hybridized carbons (Fsp3) is 0.158. The van der Waals surface area contributed by atoms with Gasteiger partial charge in [-0.05, 0) is 49.7 Å². The average molecular weight is 419 g/mol. The number of benzene rings is 2. The van der Waals surface area contributed by atoms with Crippen LogP contribution < -0.4 is 5.32 Å². The summed E-state index contributed by atoms with van der Waals surface area (Å²) in [5.74, 6) is -0.156. The van der Waals surface area contributed by atoms with Gasteiger partial charge < -0.3 is 5.32 Å². The zero-order valence-electron chi connectivity index (χ0n) is 13.9. The van der Waals surface area contributed by atoms with Gasteiger partial charge in [-0.3, -0.25) is 9.48 Å². The minimum Gasteiger partial charge on any atom is -0.319 e. The Bertz CT molecular complexity index is 919. The van der Waals surface area contributed by atoms with Crippen LogP contribution in [-0.4, -0.2) is 15.7 Å². The van der Waals surface area contributed by atoms with Crippen molar-refractivity contribution >= 4 is 39.1 Å². The second-order valence-electron chi connectivity index (χ2n) is 5.76. The number of anilines is 1. The maximum atomic E-state index is 12.5. The molecule has 0 unspecified atom stereocenters. The van der Waals surface area contributed by atoms with Gasteiger partial charge in [0, 0.05) is 15.1 Å². The van der Waals surface area contributed by atoms with Crippen molar-refractivity contribution in [2.24, 2.45) is 0 Å². The van der Waals surface area contributed by atoms with Crippen molar-refractivity contribution in [2.45, 2.75) is 20.4 Å². The molecule has 4 nitrogen and oxygen atoms in total. The van der Waals surface area contributed by atoms with Gasteiger partial charge in [0.05, 0.1) is 23.6 Å². The maximum absolute atomic E-state index is 12.5. The molecule has 2 aromatic carbocycles. The van der Waals surface area contributed by atoms with E-state index in [1.807, 2.05) is 54.9 Å². The Labute approximate surface area is 159 Å². The van der Waals surface area contributed by atoms with Gasteiger partial charge in [0.25, 0.3) is 5.91 Å². The highest BCUT2D eigenvalue weighted by Crippen LogP contribution is 2.23. The van der Waals surface area contributed by atoms with Gasteiger partial charge >= 0.3 is 0 Å². The molecule has 3 aromatic rings. The number of aryl methyl sites for hydroxylation is 1. The quantitative estimate of drug-likeness (QED) is 0.631. The van der Waals surface area contributed by atoms with Gasteiger partial charge in [0.1, 0.15) is 0 Å². The Balaban J connectivity index is 1.83. The van der Waals surface area contributed by atoms with Gasteiger partial charge in [0.15, 0.2) is 0 Å². The molecule has 0 aliphatic carbocycles. The number of aromatic nitrogens is 2. The molecular formula is C19H17BrClN3O. The van der Waals surface area contributed by atoms with Crippen molar-refractivity contribution in [3.05, 3.63) is 80.5 Å². The molecule has 0 aliphatic heterocycles. The van der Waals surface area contributed by atoms with Crippen molar-refractivity contribution in [3.63, 3.8) is 0 Å². The fourth-order valence-corrected chi connectivity index (χ4v) is 3.07. The molecule has 128 valence electrons. The van der Waals surface area contributed by atoms with Gasteiger partial charge in [-0.2, -0.15) is 5.10 Å². The molecule has 0 spiro atoms. The summed E-state index contributed by atoms with van der Waals surface area (Å²) in [6.07, 6.45) is 0. The van der Waals surface area contributed by atoms with Crippen molar-refractivity contribution < 1.29 is 4.79 Å². The molecule has 6 heteroatoms. The lowest BCUT2D eigenvalue weighted by Gasteiger charge is -2.08. The molecule has 25 heavy (non-hydrogen) atoms. The zero-order chi connectivity index (χ0) is 18.0.